The van der Waals surface area contributed by atoms with Crippen LogP contribution in [0.15, 0.2) is 10.2 Å². The molecule has 2 aliphatic rings. The summed E-state index contributed by atoms with van der Waals surface area (Å²) in [6.07, 6.45) is 7.15. The summed E-state index contributed by atoms with van der Waals surface area (Å²) in [7, 11) is 0. The Labute approximate surface area is 116 Å². The van der Waals surface area contributed by atoms with Crippen molar-refractivity contribution >= 4 is 11.9 Å². The zero-order valence-electron chi connectivity index (χ0n) is 11.1. The van der Waals surface area contributed by atoms with E-state index in [0.717, 1.165) is 0 Å². The number of nitrogens with zero attached hydrogens (tertiary/aromatic N) is 3. The highest BCUT2D eigenvalue weighted by Crippen LogP contribution is 2.38. The molecule has 7 nitrogen and oxygen atoms in total. The van der Waals surface area contributed by atoms with E-state index in [9.17, 15) is 14.7 Å². The van der Waals surface area contributed by atoms with Crippen LogP contribution in [0.25, 0.3) is 0 Å². The second-order valence-electron chi connectivity index (χ2n) is 5.29. The Morgan fingerprint density at radius 2 is 2.05 bits per heavy atom. The van der Waals surface area contributed by atoms with Gasteiger partial charge < -0.3 is 15.1 Å². The zero-order chi connectivity index (χ0) is 14.8. The van der Waals surface area contributed by atoms with Crippen molar-refractivity contribution < 1.29 is 19.8 Å². The second kappa shape index (κ2) is 5.21. The van der Waals surface area contributed by atoms with Crippen LogP contribution in [0.1, 0.15) is 32.1 Å². The topological polar surface area (TPSA) is 103 Å². The van der Waals surface area contributed by atoms with Crippen molar-refractivity contribution in [2.75, 3.05) is 13.1 Å². The fourth-order valence-corrected chi connectivity index (χ4v) is 2.31. The average Bonchev–Trinajstić information content (AvgIpc) is 3.08. The van der Waals surface area contributed by atoms with Crippen molar-refractivity contribution in [2.24, 2.45) is 10.2 Å². The van der Waals surface area contributed by atoms with Gasteiger partial charge in [0.2, 0.25) is 5.91 Å². The third kappa shape index (κ3) is 2.96. The van der Waals surface area contributed by atoms with Gasteiger partial charge in [0.15, 0.2) is 11.3 Å². The number of likely N-dealkylation sites (tertiary alicyclic amines) is 1. The summed E-state index contributed by atoms with van der Waals surface area (Å²) in [6.45, 7) is 0.0973. The Kier molecular flexibility index (Phi) is 3.77. The SMILES string of the molecule is C#CCCC1(CCC(=O)N2CCC(O)(C(=O)O)C2)N=N1. The smallest absolute Gasteiger partial charge is 0.337 e. The Balaban J connectivity index is 1.80. The maximum atomic E-state index is 12.0. The predicted molar refractivity (Wildman–Crippen MR) is 68.7 cm³/mol. The van der Waals surface area contributed by atoms with E-state index in [1.807, 2.05) is 0 Å². The first-order valence-electron chi connectivity index (χ1n) is 6.52. The number of carbonyl (C=O) groups excluding carboxylic acids is 1. The Morgan fingerprint density at radius 1 is 1.35 bits per heavy atom. The largest absolute Gasteiger partial charge is 0.479 e. The number of carboxylic acid groups (broad SMARTS) is 1. The first-order valence-corrected chi connectivity index (χ1v) is 6.52. The summed E-state index contributed by atoms with van der Waals surface area (Å²) >= 11 is 0. The lowest BCUT2D eigenvalue weighted by Gasteiger charge is -2.19. The van der Waals surface area contributed by atoms with Gasteiger partial charge >= 0.3 is 5.97 Å². The van der Waals surface area contributed by atoms with Crippen molar-refractivity contribution in [2.45, 2.75) is 43.4 Å². The molecule has 1 saturated heterocycles. The Bertz CT molecular complexity index is 490. The molecule has 0 aromatic rings. The molecule has 0 aromatic heterocycles. The summed E-state index contributed by atoms with van der Waals surface area (Å²) in [5, 5.41) is 26.6. The van der Waals surface area contributed by atoms with Crippen LogP contribution in [-0.4, -0.2) is 51.3 Å². The number of β-amino-alcohol motifs (C(OH)–C–C–N with tert-alkyl or cyclic N) is 1. The number of aliphatic hydroxyl groups is 1. The molecule has 1 fully saturated rings. The van der Waals surface area contributed by atoms with Crippen LogP contribution >= 0.6 is 0 Å². The third-order valence-corrected chi connectivity index (χ3v) is 3.79. The summed E-state index contributed by atoms with van der Waals surface area (Å²) in [4.78, 5) is 24.3. The summed E-state index contributed by atoms with van der Waals surface area (Å²) in [6, 6.07) is 0. The van der Waals surface area contributed by atoms with Crippen LogP contribution in [0.4, 0.5) is 0 Å². The minimum Gasteiger partial charge on any atom is -0.479 e. The molecule has 20 heavy (non-hydrogen) atoms. The quantitative estimate of drug-likeness (QED) is 0.686. The number of hydrogen-bond donors (Lipinski definition) is 2. The van der Waals surface area contributed by atoms with E-state index in [-0.39, 0.29) is 31.8 Å². The van der Waals surface area contributed by atoms with Crippen LogP contribution in [0, 0.1) is 12.3 Å². The molecule has 0 spiro atoms. The van der Waals surface area contributed by atoms with Gasteiger partial charge in [-0.15, -0.1) is 12.3 Å². The van der Waals surface area contributed by atoms with Gasteiger partial charge in [-0.1, -0.05) is 0 Å². The molecular formula is C13H17N3O4. The molecule has 0 radical (unpaired) electrons. The third-order valence-electron chi connectivity index (χ3n) is 3.79. The standard InChI is InChI=1S/C13H17N3O4/c1-2-3-5-13(14-15-13)6-4-10(17)16-8-7-12(20,9-16)11(18)19/h1,20H,3-9H2,(H,18,19). The van der Waals surface area contributed by atoms with Crippen LogP contribution in [0.3, 0.4) is 0 Å². The predicted octanol–water partition coefficient (Wildman–Crippen LogP) is 0.390. The first-order chi connectivity index (χ1) is 9.41. The van der Waals surface area contributed by atoms with E-state index in [1.54, 1.807) is 0 Å². The number of carboxylic acids is 1. The monoisotopic (exact) mass is 279 g/mol. The Morgan fingerprint density at radius 3 is 2.55 bits per heavy atom. The molecule has 2 aliphatic heterocycles. The molecule has 0 aromatic carbocycles. The summed E-state index contributed by atoms with van der Waals surface area (Å²) in [5.41, 5.74) is -2.32. The Hall–Kier alpha value is -1.94. The molecule has 2 N–H and O–H groups in total. The minimum atomic E-state index is -1.81. The van der Waals surface area contributed by atoms with E-state index in [1.165, 1.54) is 4.90 Å². The molecule has 1 amide bonds. The lowest BCUT2D eigenvalue weighted by molar-refractivity contribution is -0.157. The number of aliphatic carboxylic acids is 1. The highest BCUT2D eigenvalue weighted by Gasteiger charge is 2.45. The fourth-order valence-electron chi connectivity index (χ4n) is 2.31. The lowest BCUT2D eigenvalue weighted by atomic mass is 10.0. The minimum absolute atomic E-state index is 0.0606. The van der Waals surface area contributed by atoms with Gasteiger partial charge in [-0.3, -0.25) is 4.79 Å². The molecule has 0 aliphatic carbocycles. The van der Waals surface area contributed by atoms with Crippen molar-refractivity contribution in [3.8, 4) is 12.3 Å². The van der Waals surface area contributed by atoms with Crippen molar-refractivity contribution in [3.63, 3.8) is 0 Å². The molecule has 2 rings (SSSR count). The van der Waals surface area contributed by atoms with E-state index in [2.05, 4.69) is 16.1 Å². The van der Waals surface area contributed by atoms with Gasteiger partial charge in [0.1, 0.15) is 0 Å². The molecule has 7 heteroatoms. The van der Waals surface area contributed by atoms with Gasteiger partial charge in [-0.2, -0.15) is 10.2 Å². The number of amides is 1. The van der Waals surface area contributed by atoms with Gasteiger partial charge in [0.05, 0.1) is 6.54 Å². The van der Waals surface area contributed by atoms with Crippen LogP contribution in [0.2, 0.25) is 0 Å². The molecule has 0 bridgehead atoms. The van der Waals surface area contributed by atoms with Gasteiger partial charge in [0.25, 0.3) is 0 Å². The van der Waals surface area contributed by atoms with E-state index < -0.39 is 17.2 Å². The number of carbonyl (C=O) groups is 2. The van der Waals surface area contributed by atoms with E-state index in [4.69, 9.17) is 11.5 Å². The summed E-state index contributed by atoms with van der Waals surface area (Å²) in [5.74, 6) is 1.05. The molecule has 1 atom stereocenters. The van der Waals surface area contributed by atoms with Gasteiger partial charge in [-0.25, -0.2) is 4.79 Å². The van der Waals surface area contributed by atoms with Gasteiger partial charge in [0, 0.05) is 38.6 Å². The fraction of sp³-hybridized carbons (Fsp3) is 0.692. The van der Waals surface area contributed by atoms with Crippen LogP contribution < -0.4 is 0 Å². The molecule has 108 valence electrons. The van der Waals surface area contributed by atoms with E-state index in [0.29, 0.717) is 19.3 Å². The van der Waals surface area contributed by atoms with Crippen molar-refractivity contribution in [1.82, 2.24) is 4.90 Å². The normalized spacial score (nSPS) is 26.3. The number of hydrogen-bond acceptors (Lipinski definition) is 5. The average molecular weight is 279 g/mol. The van der Waals surface area contributed by atoms with Crippen molar-refractivity contribution in [3.05, 3.63) is 0 Å². The molecule has 0 saturated carbocycles. The highest BCUT2D eigenvalue weighted by molar-refractivity contribution is 5.82. The number of terminal acetylenes is 1. The van der Waals surface area contributed by atoms with Crippen molar-refractivity contribution in [1.29, 1.82) is 0 Å². The second-order valence-corrected chi connectivity index (χ2v) is 5.29. The molecule has 2 heterocycles. The lowest BCUT2D eigenvalue weighted by Crippen LogP contribution is -2.42. The maximum Gasteiger partial charge on any atom is 0.337 e. The number of rotatable bonds is 6. The summed E-state index contributed by atoms with van der Waals surface area (Å²) < 4.78 is 0. The molecular weight excluding hydrogens is 262 g/mol. The first kappa shape index (κ1) is 14.5. The maximum absolute atomic E-state index is 12.0. The zero-order valence-corrected chi connectivity index (χ0v) is 11.1. The molecule has 1 unspecified atom stereocenters. The van der Waals surface area contributed by atoms with E-state index >= 15 is 0 Å². The van der Waals surface area contributed by atoms with Crippen LogP contribution in [-0.2, 0) is 9.59 Å². The van der Waals surface area contributed by atoms with Gasteiger partial charge in [-0.05, 0) is 0 Å². The van der Waals surface area contributed by atoms with Crippen LogP contribution in [0.5, 0.6) is 0 Å². The highest BCUT2D eigenvalue weighted by atomic mass is 16.4.